The Morgan fingerprint density at radius 2 is 1.76 bits per heavy atom. The quantitative estimate of drug-likeness (QED) is 0.568. The van der Waals surface area contributed by atoms with E-state index in [2.05, 4.69) is 0 Å². The number of benzene rings is 2. The Labute approximate surface area is 134 Å². The minimum Gasteiger partial charge on any atom is -0.456 e. The zero-order valence-corrected chi connectivity index (χ0v) is 12.6. The predicted octanol–water partition coefficient (Wildman–Crippen LogP) is 6.54. The van der Waals surface area contributed by atoms with Crippen LogP contribution in [0.15, 0.2) is 36.4 Å². The summed E-state index contributed by atoms with van der Waals surface area (Å²) in [7, 11) is 0. The first-order valence-corrected chi connectivity index (χ1v) is 7.00. The Morgan fingerprint density at radius 3 is 2.38 bits per heavy atom. The summed E-state index contributed by atoms with van der Waals surface area (Å²) in [6.07, 6.45) is -4.51. The number of rotatable bonds is 3. The summed E-state index contributed by atoms with van der Waals surface area (Å²) >= 11 is 17.3. The summed E-state index contributed by atoms with van der Waals surface area (Å²) in [4.78, 5) is 0. The maximum atomic E-state index is 12.9. The van der Waals surface area contributed by atoms with E-state index >= 15 is 0 Å². The lowest BCUT2D eigenvalue weighted by Crippen LogP contribution is -2.08. The van der Waals surface area contributed by atoms with Gasteiger partial charge in [-0.05, 0) is 29.8 Å². The molecular weight excluding hydrogens is 348 g/mol. The highest BCUT2D eigenvalue weighted by molar-refractivity contribution is 6.42. The molecule has 0 aromatic heterocycles. The highest BCUT2D eigenvalue weighted by atomic mass is 35.5. The van der Waals surface area contributed by atoms with Crippen molar-refractivity contribution in [3.8, 4) is 11.5 Å². The standard InChI is InChI=1S/C14H8Cl3F3O/c15-7-8-4-5-9(6-10(8)14(18,19)20)21-12-3-1-2-11(16)13(12)17/h1-6H,7H2. The second kappa shape index (κ2) is 6.34. The van der Waals surface area contributed by atoms with E-state index < -0.39 is 11.7 Å². The molecule has 1 nitrogen and oxygen atoms in total. The number of ether oxygens (including phenoxy) is 1. The minimum atomic E-state index is -4.51. The first-order chi connectivity index (χ1) is 9.82. The van der Waals surface area contributed by atoms with Crippen molar-refractivity contribution >= 4 is 34.8 Å². The zero-order chi connectivity index (χ0) is 15.6. The fraction of sp³-hybridized carbons (Fsp3) is 0.143. The van der Waals surface area contributed by atoms with Gasteiger partial charge in [-0.15, -0.1) is 11.6 Å². The van der Waals surface area contributed by atoms with Crippen molar-refractivity contribution in [3.63, 3.8) is 0 Å². The Balaban J connectivity index is 2.40. The molecule has 0 aliphatic rings. The number of alkyl halides is 4. The normalized spacial score (nSPS) is 11.5. The van der Waals surface area contributed by atoms with Gasteiger partial charge < -0.3 is 4.74 Å². The summed E-state index contributed by atoms with van der Waals surface area (Å²) in [6.45, 7) is 0. The van der Waals surface area contributed by atoms with Gasteiger partial charge in [-0.3, -0.25) is 0 Å². The molecule has 0 radical (unpaired) electrons. The maximum absolute atomic E-state index is 12.9. The number of halogens is 6. The third-order valence-electron chi connectivity index (χ3n) is 2.67. The first-order valence-electron chi connectivity index (χ1n) is 5.71. The van der Waals surface area contributed by atoms with Gasteiger partial charge in [-0.2, -0.15) is 13.2 Å². The molecular formula is C14H8Cl3F3O. The van der Waals surface area contributed by atoms with Crippen LogP contribution in [-0.4, -0.2) is 0 Å². The van der Waals surface area contributed by atoms with Gasteiger partial charge in [0, 0.05) is 5.88 Å². The summed E-state index contributed by atoms with van der Waals surface area (Å²) < 4.78 is 44.2. The van der Waals surface area contributed by atoms with Crippen LogP contribution in [0, 0.1) is 0 Å². The lowest BCUT2D eigenvalue weighted by molar-refractivity contribution is -0.138. The Morgan fingerprint density at radius 1 is 1.05 bits per heavy atom. The molecule has 0 aliphatic heterocycles. The van der Waals surface area contributed by atoms with Gasteiger partial charge in [0.05, 0.1) is 10.6 Å². The van der Waals surface area contributed by atoms with E-state index in [9.17, 15) is 13.2 Å². The Bertz CT molecular complexity index is 656. The molecule has 112 valence electrons. The van der Waals surface area contributed by atoms with Crippen molar-refractivity contribution in [1.82, 2.24) is 0 Å². The van der Waals surface area contributed by atoms with Gasteiger partial charge in [-0.1, -0.05) is 35.3 Å². The number of hydrogen-bond acceptors (Lipinski definition) is 1. The van der Waals surface area contributed by atoms with Crippen LogP contribution in [0.3, 0.4) is 0 Å². The van der Waals surface area contributed by atoms with E-state index in [1.807, 2.05) is 0 Å². The van der Waals surface area contributed by atoms with Crippen LogP contribution in [-0.2, 0) is 12.1 Å². The maximum Gasteiger partial charge on any atom is 0.416 e. The molecule has 0 aliphatic carbocycles. The molecule has 0 saturated carbocycles. The zero-order valence-electron chi connectivity index (χ0n) is 10.3. The highest BCUT2D eigenvalue weighted by Crippen LogP contribution is 2.38. The second-order valence-corrected chi connectivity index (χ2v) is 5.16. The monoisotopic (exact) mass is 354 g/mol. The second-order valence-electron chi connectivity index (χ2n) is 4.10. The molecule has 2 aromatic carbocycles. The molecule has 7 heteroatoms. The smallest absolute Gasteiger partial charge is 0.416 e. The van der Waals surface area contributed by atoms with Gasteiger partial charge in [-0.25, -0.2) is 0 Å². The van der Waals surface area contributed by atoms with Crippen LogP contribution in [0.2, 0.25) is 10.0 Å². The van der Waals surface area contributed by atoms with Crippen molar-refractivity contribution < 1.29 is 17.9 Å². The Kier molecular flexibility index (Phi) is 4.91. The van der Waals surface area contributed by atoms with Gasteiger partial charge in [0.1, 0.15) is 16.5 Å². The molecule has 21 heavy (non-hydrogen) atoms. The van der Waals surface area contributed by atoms with E-state index in [4.69, 9.17) is 39.5 Å². The number of hydrogen-bond donors (Lipinski definition) is 0. The van der Waals surface area contributed by atoms with Crippen LogP contribution in [0.4, 0.5) is 13.2 Å². The molecule has 0 atom stereocenters. The average Bonchev–Trinajstić information content (AvgIpc) is 2.43. The lowest BCUT2D eigenvalue weighted by atomic mass is 10.1. The fourth-order valence-corrected chi connectivity index (χ4v) is 2.25. The summed E-state index contributed by atoms with van der Waals surface area (Å²) in [6, 6.07) is 8.19. The van der Waals surface area contributed by atoms with Crippen LogP contribution >= 0.6 is 34.8 Å². The lowest BCUT2D eigenvalue weighted by Gasteiger charge is -2.14. The summed E-state index contributed by atoms with van der Waals surface area (Å²) in [5.74, 6) is -0.0659. The molecule has 2 rings (SSSR count). The third kappa shape index (κ3) is 3.76. The van der Waals surface area contributed by atoms with E-state index in [0.717, 1.165) is 6.07 Å². The van der Waals surface area contributed by atoms with Crippen molar-refractivity contribution in [2.45, 2.75) is 12.1 Å². The third-order valence-corrected chi connectivity index (χ3v) is 3.76. The van der Waals surface area contributed by atoms with E-state index in [0.29, 0.717) is 0 Å². The van der Waals surface area contributed by atoms with Crippen molar-refractivity contribution in [2.75, 3.05) is 0 Å². The molecule has 0 spiro atoms. The minimum absolute atomic E-state index is 0.000332. The van der Waals surface area contributed by atoms with Crippen LogP contribution in [0.25, 0.3) is 0 Å². The molecule has 0 saturated heterocycles. The summed E-state index contributed by atoms with van der Waals surface area (Å²) in [5, 5.41) is 0.386. The predicted molar refractivity (Wildman–Crippen MR) is 77.5 cm³/mol. The SMILES string of the molecule is FC(F)(F)c1cc(Oc2cccc(Cl)c2Cl)ccc1CCl. The van der Waals surface area contributed by atoms with E-state index in [1.165, 1.54) is 18.2 Å². The largest absolute Gasteiger partial charge is 0.456 e. The van der Waals surface area contributed by atoms with Crippen molar-refractivity contribution in [3.05, 3.63) is 57.6 Å². The molecule has 0 amide bonds. The van der Waals surface area contributed by atoms with E-state index in [1.54, 1.807) is 12.1 Å². The van der Waals surface area contributed by atoms with Crippen LogP contribution < -0.4 is 4.74 Å². The van der Waals surface area contributed by atoms with Gasteiger partial charge in [0.2, 0.25) is 0 Å². The fourth-order valence-electron chi connectivity index (χ4n) is 1.69. The molecule has 2 aromatic rings. The van der Waals surface area contributed by atoms with Crippen LogP contribution in [0.1, 0.15) is 11.1 Å². The van der Waals surface area contributed by atoms with Gasteiger partial charge >= 0.3 is 6.18 Å². The highest BCUT2D eigenvalue weighted by Gasteiger charge is 2.33. The molecule has 0 bridgehead atoms. The van der Waals surface area contributed by atoms with Gasteiger partial charge in [0.15, 0.2) is 0 Å². The Hall–Kier alpha value is -1.10. The van der Waals surface area contributed by atoms with E-state index in [-0.39, 0.29) is 33.0 Å². The first kappa shape index (κ1) is 16.3. The molecule has 0 unspecified atom stereocenters. The van der Waals surface area contributed by atoms with Crippen molar-refractivity contribution in [2.24, 2.45) is 0 Å². The molecule has 0 N–H and O–H groups in total. The van der Waals surface area contributed by atoms with Crippen LogP contribution in [0.5, 0.6) is 11.5 Å². The average molecular weight is 356 g/mol. The molecule has 0 heterocycles. The van der Waals surface area contributed by atoms with Gasteiger partial charge in [0.25, 0.3) is 0 Å². The molecule has 0 fully saturated rings. The summed E-state index contributed by atoms with van der Waals surface area (Å²) in [5.41, 5.74) is -0.859. The van der Waals surface area contributed by atoms with Crippen molar-refractivity contribution in [1.29, 1.82) is 0 Å². The topological polar surface area (TPSA) is 9.23 Å².